The van der Waals surface area contributed by atoms with Gasteiger partial charge in [-0.25, -0.2) is 4.39 Å². The second kappa shape index (κ2) is 5.08. The van der Waals surface area contributed by atoms with E-state index in [1.165, 1.54) is 6.07 Å². The molecule has 2 aromatic rings. The van der Waals surface area contributed by atoms with Crippen molar-refractivity contribution in [1.82, 2.24) is 9.78 Å². The van der Waals surface area contributed by atoms with E-state index in [9.17, 15) is 4.39 Å². The van der Waals surface area contributed by atoms with Crippen LogP contribution in [0.2, 0.25) is 5.02 Å². The SMILES string of the molecule is Cc1cc(C(N)Cc2cccc(F)c2Cl)nn1C. The molecule has 0 radical (unpaired) electrons. The maximum atomic E-state index is 13.3. The summed E-state index contributed by atoms with van der Waals surface area (Å²) in [5.41, 5.74) is 8.59. The van der Waals surface area contributed by atoms with Gasteiger partial charge in [-0.3, -0.25) is 4.68 Å². The standard InChI is InChI=1S/C13H15ClFN3/c1-8-6-12(17-18(8)2)11(16)7-9-4-3-5-10(15)13(9)14/h3-6,11H,7,16H2,1-2H3. The van der Waals surface area contributed by atoms with E-state index in [4.69, 9.17) is 17.3 Å². The molecule has 0 spiro atoms. The quantitative estimate of drug-likeness (QED) is 0.929. The van der Waals surface area contributed by atoms with Crippen LogP contribution >= 0.6 is 11.6 Å². The third kappa shape index (κ3) is 2.54. The molecule has 1 atom stereocenters. The van der Waals surface area contributed by atoms with Crippen molar-refractivity contribution >= 4 is 11.6 Å². The number of rotatable bonds is 3. The number of nitrogens with two attached hydrogens (primary N) is 1. The van der Waals surface area contributed by atoms with Crippen molar-refractivity contribution in [3.8, 4) is 0 Å². The van der Waals surface area contributed by atoms with Gasteiger partial charge in [0.1, 0.15) is 5.82 Å². The lowest BCUT2D eigenvalue weighted by Crippen LogP contribution is -2.14. The molecule has 0 aliphatic carbocycles. The molecule has 2 N–H and O–H groups in total. The van der Waals surface area contributed by atoms with Crippen molar-refractivity contribution in [1.29, 1.82) is 0 Å². The Balaban J connectivity index is 2.21. The predicted octanol–water partition coefficient (Wildman–Crippen LogP) is 2.76. The van der Waals surface area contributed by atoms with Crippen LogP contribution < -0.4 is 5.73 Å². The molecule has 1 unspecified atom stereocenters. The summed E-state index contributed by atoms with van der Waals surface area (Å²) in [6.45, 7) is 1.96. The molecule has 0 saturated carbocycles. The smallest absolute Gasteiger partial charge is 0.142 e. The molecule has 0 aliphatic rings. The summed E-state index contributed by atoms with van der Waals surface area (Å²) in [4.78, 5) is 0. The molecule has 0 saturated heterocycles. The Bertz CT molecular complexity index is 546. The maximum absolute atomic E-state index is 13.3. The Morgan fingerprint density at radius 1 is 1.50 bits per heavy atom. The Labute approximate surface area is 110 Å². The van der Waals surface area contributed by atoms with Crippen LogP contribution in [-0.2, 0) is 13.5 Å². The molecule has 1 heterocycles. The summed E-state index contributed by atoms with van der Waals surface area (Å²) in [6.07, 6.45) is 0.465. The van der Waals surface area contributed by atoms with Gasteiger partial charge in [0, 0.05) is 12.7 Å². The lowest BCUT2D eigenvalue weighted by Gasteiger charge is -2.10. The predicted molar refractivity (Wildman–Crippen MR) is 70.0 cm³/mol. The third-order valence-electron chi connectivity index (χ3n) is 2.98. The zero-order valence-electron chi connectivity index (χ0n) is 10.3. The molecule has 96 valence electrons. The minimum absolute atomic E-state index is 0.139. The summed E-state index contributed by atoms with van der Waals surface area (Å²) >= 11 is 5.91. The zero-order valence-corrected chi connectivity index (χ0v) is 11.1. The zero-order chi connectivity index (χ0) is 13.3. The maximum Gasteiger partial charge on any atom is 0.142 e. The van der Waals surface area contributed by atoms with Gasteiger partial charge in [-0.05, 0) is 31.0 Å². The fraction of sp³-hybridized carbons (Fsp3) is 0.308. The van der Waals surface area contributed by atoms with Gasteiger partial charge in [0.25, 0.3) is 0 Å². The van der Waals surface area contributed by atoms with E-state index in [1.54, 1.807) is 16.8 Å². The van der Waals surface area contributed by atoms with E-state index in [0.717, 1.165) is 11.4 Å². The molecule has 0 bridgehead atoms. The largest absolute Gasteiger partial charge is 0.322 e. The Hall–Kier alpha value is -1.39. The number of nitrogens with zero attached hydrogens (tertiary/aromatic N) is 2. The Morgan fingerprint density at radius 3 is 2.83 bits per heavy atom. The van der Waals surface area contributed by atoms with Gasteiger partial charge in [0.15, 0.2) is 0 Å². The van der Waals surface area contributed by atoms with Crippen molar-refractivity contribution in [2.24, 2.45) is 12.8 Å². The summed E-state index contributed by atoms with van der Waals surface area (Å²) < 4.78 is 15.1. The minimum atomic E-state index is -0.418. The van der Waals surface area contributed by atoms with Gasteiger partial charge < -0.3 is 5.73 Å². The van der Waals surface area contributed by atoms with E-state index < -0.39 is 5.82 Å². The van der Waals surface area contributed by atoms with Crippen LogP contribution in [0.25, 0.3) is 0 Å². The van der Waals surface area contributed by atoms with Gasteiger partial charge in [-0.15, -0.1) is 0 Å². The van der Waals surface area contributed by atoms with Gasteiger partial charge in [0.05, 0.1) is 16.8 Å². The van der Waals surface area contributed by atoms with Crippen LogP contribution in [0.1, 0.15) is 23.0 Å². The van der Waals surface area contributed by atoms with Crippen molar-refractivity contribution in [2.75, 3.05) is 0 Å². The van der Waals surface area contributed by atoms with Crippen LogP contribution in [-0.4, -0.2) is 9.78 Å². The van der Waals surface area contributed by atoms with Crippen LogP contribution in [0, 0.1) is 12.7 Å². The van der Waals surface area contributed by atoms with Gasteiger partial charge in [-0.2, -0.15) is 5.10 Å². The van der Waals surface area contributed by atoms with E-state index in [-0.39, 0.29) is 11.1 Å². The molecule has 2 rings (SSSR count). The highest BCUT2D eigenvalue weighted by atomic mass is 35.5. The average Bonchev–Trinajstić information content (AvgIpc) is 2.66. The molecule has 3 nitrogen and oxygen atoms in total. The minimum Gasteiger partial charge on any atom is -0.322 e. The van der Waals surface area contributed by atoms with Crippen molar-refractivity contribution < 1.29 is 4.39 Å². The van der Waals surface area contributed by atoms with E-state index in [2.05, 4.69) is 5.10 Å². The normalized spacial score (nSPS) is 12.7. The molecule has 0 fully saturated rings. The number of halogens is 2. The van der Waals surface area contributed by atoms with E-state index in [1.807, 2.05) is 20.0 Å². The molecule has 18 heavy (non-hydrogen) atoms. The summed E-state index contributed by atoms with van der Waals surface area (Å²) in [7, 11) is 1.86. The molecular weight excluding hydrogens is 253 g/mol. The Morgan fingerprint density at radius 2 is 2.22 bits per heavy atom. The highest BCUT2D eigenvalue weighted by Gasteiger charge is 2.14. The summed E-state index contributed by atoms with van der Waals surface area (Å²) in [6, 6.07) is 6.39. The second-order valence-electron chi connectivity index (χ2n) is 4.36. The number of hydrogen-bond donors (Lipinski definition) is 1. The van der Waals surface area contributed by atoms with E-state index >= 15 is 0 Å². The van der Waals surface area contributed by atoms with Gasteiger partial charge >= 0.3 is 0 Å². The molecule has 1 aromatic heterocycles. The topological polar surface area (TPSA) is 43.8 Å². The fourth-order valence-corrected chi connectivity index (χ4v) is 2.02. The molecular formula is C13H15ClFN3. The first-order valence-corrected chi connectivity index (χ1v) is 6.06. The Kier molecular flexibility index (Phi) is 3.68. The van der Waals surface area contributed by atoms with Crippen LogP contribution in [0.4, 0.5) is 4.39 Å². The second-order valence-corrected chi connectivity index (χ2v) is 4.74. The third-order valence-corrected chi connectivity index (χ3v) is 3.41. The number of aryl methyl sites for hydroxylation is 2. The molecule has 5 heteroatoms. The molecule has 0 amide bonds. The highest BCUT2D eigenvalue weighted by Crippen LogP contribution is 2.24. The first-order chi connectivity index (χ1) is 8.49. The lowest BCUT2D eigenvalue weighted by molar-refractivity contribution is 0.618. The number of aromatic nitrogens is 2. The van der Waals surface area contributed by atoms with Crippen LogP contribution in [0.3, 0.4) is 0 Å². The van der Waals surface area contributed by atoms with Crippen molar-refractivity contribution in [2.45, 2.75) is 19.4 Å². The molecule has 1 aromatic carbocycles. The first-order valence-electron chi connectivity index (χ1n) is 5.68. The van der Waals surface area contributed by atoms with Gasteiger partial charge in [0.2, 0.25) is 0 Å². The highest BCUT2D eigenvalue weighted by molar-refractivity contribution is 6.31. The van der Waals surface area contributed by atoms with Crippen LogP contribution in [0.15, 0.2) is 24.3 Å². The van der Waals surface area contributed by atoms with Crippen molar-refractivity contribution in [3.63, 3.8) is 0 Å². The van der Waals surface area contributed by atoms with Crippen LogP contribution in [0.5, 0.6) is 0 Å². The van der Waals surface area contributed by atoms with Crippen molar-refractivity contribution in [3.05, 3.63) is 52.1 Å². The molecule has 0 aliphatic heterocycles. The monoisotopic (exact) mass is 267 g/mol. The lowest BCUT2D eigenvalue weighted by atomic mass is 10.0. The number of hydrogen-bond acceptors (Lipinski definition) is 2. The summed E-state index contributed by atoms with van der Waals surface area (Å²) in [5.74, 6) is -0.418. The van der Waals surface area contributed by atoms with E-state index in [0.29, 0.717) is 12.0 Å². The van der Waals surface area contributed by atoms with Gasteiger partial charge in [-0.1, -0.05) is 23.7 Å². The fourth-order valence-electron chi connectivity index (χ4n) is 1.82. The average molecular weight is 268 g/mol. The number of benzene rings is 1. The first kappa shape index (κ1) is 13.1. The summed E-state index contributed by atoms with van der Waals surface area (Å²) in [5, 5.41) is 4.45.